The first-order chi connectivity index (χ1) is 9.68. The highest BCUT2D eigenvalue weighted by molar-refractivity contribution is 5.86. The number of carbonyl (C=O) groups excluding carboxylic acids is 1. The van der Waals surface area contributed by atoms with Gasteiger partial charge in [0.2, 0.25) is 5.91 Å². The second-order valence-corrected chi connectivity index (χ2v) is 5.18. The number of nitrogens with one attached hydrogen (secondary N) is 1. The van der Waals surface area contributed by atoms with Crippen LogP contribution in [0.15, 0.2) is 6.33 Å². The quantitative estimate of drug-likeness (QED) is 0.814. The molecule has 1 atom stereocenters. The first-order valence-corrected chi connectivity index (χ1v) is 6.81. The van der Waals surface area contributed by atoms with E-state index in [9.17, 15) is 14.7 Å². The number of rotatable bonds is 2. The molecule has 2 aliphatic rings. The predicted molar refractivity (Wildman–Crippen MR) is 67.9 cm³/mol. The zero-order valence-electron chi connectivity index (χ0n) is 11.0. The number of imidazole rings is 1. The minimum atomic E-state index is -1.03. The van der Waals surface area contributed by atoms with Gasteiger partial charge in [0.1, 0.15) is 0 Å². The Bertz CT molecular complexity index is 521. The van der Waals surface area contributed by atoms with Gasteiger partial charge in [0, 0.05) is 37.8 Å². The van der Waals surface area contributed by atoms with Crippen LogP contribution in [0.4, 0.5) is 0 Å². The molecule has 1 fully saturated rings. The monoisotopic (exact) mass is 279 g/mol. The lowest BCUT2D eigenvalue weighted by atomic mass is 9.95. The summed E-state index contributed by atoms with van der Waals surface area (Å²) in [4.78, 5) is 32.6. The second-order valence-electron chi connectivity index (χ2n) is 5.18. The number of aliphatic carboxylic acids is 1. The van der Waals surface area contributed by atoms with Gasteiger partial charge >= 0.3 is 5.97 Å². The highest BCUT2D eigenvalue weighted by Crippen LogP contribution is 2.30. The maximum absolute atomic E-state index is 12.6. The summed E-state index contributed by atoms with van der Waals surface area (Å²) >= 11 is 0. The maximum Gasteiger partial charge on any atom is 0.332 e. The lowest BCUT2D eigenvalue weighted by Gasteiger charge is -2.35. The maximum atomic E-state index is 12.6. The third kappa shape index (κ3) is 2.18. The van der Waals surface area contributed by atoms with Gasteiger partial charge in [-0.1, -0.05) is 0 Å². The molecule has 1 aromatic rings. The van der Waals surface area contributed by atoms with Crippen LogP contribution in [0.5, 0.6) is 0 Å². The van der Waals surface area contributed by atoms with E-state index >= 15 is 0 Å². The summed E-state index contributed by atoms with van der Waals surface area (Å²) < 4.78 is 5.25. The first-order valence-electron chi connectivity index (χ1n) is 6.81. The molecule has 0 bridgehead atoms. The molecule has 7 nitrogen and oxygen atoms in total. The molecule has 7 heteroatoms. The Morgan fingerprint density at radius 1 is 1.40 bits per heavy atom. The largest absolute Gasteiger partial charge is 0.479 e. The number of carboxylic acid groups (broad SMARTS) is 1. The van der Waals surface area contributed by atoms with Crippen molar-refractivity contribution in [1.29, 1.82) is 0 Å². The molecular weight excluding hydrogens is 262 g/mol. The van der Waals surface area contributed by atoms with Crippen LogP contribution in [-0.2, 0) is 20.7 Å². The number of carboxylic acids is 1. The van der Waals surface area contributed by atoms with Crippen LogP contribution in [0, 0.1) is 5.92 Å². The van der Waals surface area contributed by atoms with Gasteiger partial charge in [-0.05, 0) is 12.8 Å². The Morgan fingerprint density at radius 2 is 2.15 bits per heavy atom. The lowest BCUT2D eigenvalue weighted by Crippen LogP contribution is -2.47. The topological polar surface area (TPSA) is 95.5 Å². The van der Waals surface area contributed by atoms with Crippen LogP contribution >= 0.6 is 0 Å². The van der Waals surface area contributed by atoms with Gasteiger partial charge in [0.15, 0.2) is 6.04 Å². The number of aromatic amines is 1. The molecule has 1 amide bonds. The summed E-state index contributed by atoms with van der Waals surface area (Å²) in [7, 11) is 0. The molecule has 3 rings (SSSR count). The second kappa shape index (κ2) is 5.24. The average Bonchev–Trinajstić information content (AvgIpc) is 2.94. The van der Waals surface area contributed by atoms with E-state index in [0.717, 1.165) is 5.69 Å². The van der Waals surface area contributed by atoms with Crippen LogP contribution in [-0.4, -0.2) is 51.6 Å². The van der Waals surface area contributed by atoms with Crippen LogP contribution < -0.4 is 0 Å². The van der Waals surface area contributed by atoms with E-state index in [1.807, 2.05) is 0 Å². The van der Waals surface area contributed by atoms with E-state index in [0.29, 0.717) is 44.7 Å². The van der Waals surface area contributed by atoms with Crippen LogP contribution in [0.3, 0.4) is 0 Å². The SMILES string of the molecule is O=C(O)[C@H]1c2nc[nH]c2CCN1C(=O)C1CCOCC1. The molecule has 0 aliphatic carbocycles. The molecule has 0 unspecified atom stereocenters. The molecule has 2 N–H and O–H groups in total. The highest BCUT2D eigenvalue weighted by atomic mass is 16.5. The molecule has 2 aliphatic heterocycles. The van der Waals surface area contributed by atoms with Crippen molar-refractivity contribution in [3.8, 4) is 0 Å². The smallest absolute Gasteiger partial charge is 0.332 e. The standard InChI is InChI=1S/C13H17N3O4/c17-12(8-2-5-20-6-3-8)16-4-1-9-10(15-7-14-9)11(16)13(18)19/h7-8,11H,1-6H2,(H,14,15)(H,18,19)/t11-/m1/s1. The molecule has 0 aromatic carbocycles. The molecular formula is C13H17N3O4. The lowest BCUT2D eigenvalue weighted by molar-refractivity contribution is -0.154. The van der Waals surface area contributed by atoms with Gasteiger partial charge in [-0.2, -0.15) is 0 Å². The van der Waals surface area contributed by atoms with Crippen molar-refractivity contribution in [1.82, 2.24) is 14.9 Å². The summed E-state index contributed by atoms with van der Waals surface area (Å²) in [5, 5.41) is 9.45. The van der Waals surface area contributed by atoms with E-state index in [2.05, 4.69) is 9.97 Å². The van der Waals surface area contributed by atoms with Crippen molar-refractivity contribution in [2.24, 2.45) is 5.92 Å². The zero-order valence-corrected chi connectivity index (χ0v) is 11.0. The molecule has 108 valence electrons. The average molecular weight is 279 g/mol. The van der Waals surface area contributed by atoms with Crippen molar-refractivity contribution in [3.05, 3.63) is 17.7 Å². The Kier molecular flexibility index (Phi) is 3.43. The Morgan fingerprint density at radius 3 is 2.85 bits per heavy atom. The number of amides is 1. The fourth-order valence-electron chi connectivity index (χ4n) is 2.94. The van der Waals surface area contributed by atoms with Crippen LogP contribution in [0.2, 0.25) is 0 Å². The number of ether oxygens (including phenoxy) is 1. The van der Waals surface area contributed by atoms with E-state index in [-0.39, 0.29) is 11.8 Å². The number of hydrogen-bond acceptors (Lipinski definition) is 4. The van der Waals surface area contributed by atoms with E-state index in [4.69, 9.17) is 4.74 Å². The minimum Gasteiger partial charge on any atom is -0.479 e. The first kappa shape index (κ1) is 13.1. The van der Waals surface area contributed by atoms with Gasteiger partial charge in [-0.25, -0.2) is 9.78 Å². The summed E-state index contributed by atoms with van der Waals surface area (Å²) in [6, 6.07) is -0.972. The molecule has 1 aromatic heterocycles. The molecule has 0 radical (unpaired) electrons. The van der Waals surface area contributed by atoms with Gasteiger partial charge in [0.25, 0.3) is 0 Å². The number of hydrogen-bond donors (Lipinski definition) is 2. The van der Waals surface area contributed by atoms with Crippen molar-refractivity contribution in [2.75, 3.05) is 19.8 Å². The van der Waals surface area contributed by atoms with Gasteiger partial charge in [-0.3, -0.25) is 4.79 Å². The van der Waals surface area contributed by atoms with Gasteiger partial charge < -0.3 is 19.7 Å². The van der Waals surface area contributed by atoms with Crippen molar-refractivity contribution in [2.45, 2.75) is 25.3 Å². The predicted octanol–water partition coefficient (Wildman–Crippen LogP) is 0.347. The van der Waals surface area contributed by atoms with Crippen molar-refractivity contribution >= 4 is 11.9 Å². The Labute approximate surface area is 115 Å². The third-order valence-corrected chi connectivity index (χ3v) is 4.01. The fourth-order valence-corrected chi connectivity index (χ4v) is 2.94. The molecule has 0 saturated carbocycles. The zero-order chi connectivity index (χ0) is 14.1. The molecule has 3 heterocycles. The number of fused-ring (bicyclic) bond motifs is 1. The van der Waals surface area contributed by atoms with E-state index < -0.39 is 12.0 Å². The normalized spacial score (nSPS) is 23.4. The fraction of sp³-hybridized carbons (Fsp3) is 0.615. The summed E-state index contributed by atoms with van der Waals surface area (Å²) in [6.07, 6.45) is 3.43. The minimum absolute atomic E-state index is 0.0886. The third-order valence-electron chi connectivity index (χ3n) is 4.01. The van der Waals surface area contributed by atoms with Crippen LogP contribution in [0.25, 0.3) is 0 Å². The van der Waals surface area contributed by atoms with Crippen molar-refractivity contribution in [3.63, 3.8) is 0 Å². The number of aromatic nitrogens is 2. The summed E-state index contributed by atoms with van der Waals surface area (Å²) in [5.74, 6) is -1.25. The van der Waals surface area contributed by atoms with Gasteiger partial charge in [-0.15, -0.1) is 0 Å². The number of nitrogens with zero attached hydrogens (tertiary/aromatic N) is 2. The Balaban J connectivity index is 1.85. The number of carbonyl (C=O) groups is 2. The number of H-pyrrole nitrogens is 1. The molecule has 0 spiro atoms. The van der Waals surface area contributed by atoms with Gasteiger partial charge in [0.05, 0.1) is 12.0 Å². The summed E-state index contributed by atoms with van der Waals surface area (Å²) in [5.41, 5.74) is 1.28. The highest BCUT2D eigenvalue weighted by Gasteiger charge is 2.40. The van der Waals surface area contributed by atoms with Crippen LogP contribution in [0.1, 0.15) is 30.3 Å². The van der Waals surface area contributed by atoms with E-state index in [1.54, 1.807) is 0 Å². The summed E-state index contributed by atoms with van der Waals surface area (Å²) in [6.45, 7) is 1.55. The van der Waals surface area contributed by atoms with Crippen molar-refractivity contribution < 1.29 is 19.4 Å². The van der Waals surface area contributed by atoms with E-state index in [1.165, 1.54) is 11.2 Å². The molecule has 20 heavy (non-hydrogen) atoms. The molecule has 1 saturated heterocycles. The Hall–Kier alpha value is -1.89.